The number of methoxy groups -OCH3 is 1. The largest absolute Gasteiger partial charge is 0.385 e. The molecule has 0 aliphatic heterocycles. The maximum absolute atomic E-state index is 12.2. The third kappa shape index (κ3) is 3.57. The van der Waals surface area contributed by atoms with Crippen molar-refractivity contribution in [2.45, 2.75) is 25.3 Å². The average Bonchev–Trinajstić information content (AvgIpc) is 3.09. The van der Waals surface area contributed by atoms with Gasteiger partial charge in [0.15, 0.2) is 5.82 Å². The van der Waals surface area contributed by atoms with Gasteiger partial charge in [0.05, 0.1) is 0 Å². The second-order valence-corrected chi connectivity index (χ2v) is 5.52. The molecule has 0 unspecified atom stereocenters. The van der Waals surface area contributed by atoms with E-state index in [1.54, 1.807) is 7.11 Å². The van der Waals surface area contributed by atoms with Gasteiger partial charge in [0.2, 0.25) is 0 Å². The van der Waals surface area contributed by atoms with E-state index < -0.39 is 0 Å². The number of nitrogen functional groups attached to an aromatic ring is 1. The first-order valence-corrected chi connectivity index (χ1v) is 7.17. The molecule has 6 nitrogen and oxygen atoms in total. The van der Waals surface area contributed by atoms with Crippen LogP contribution in [0.4, 0.5) is 10.8 Å². The van der Waals surface area contributed by atoms with Crippen LogP contribution in [0.25, 0.3) is 0 Å². The Morgan fingerprint density at radius 1 is 1.63 bits per heavy atom. The highest BCUT2D eigenvalue weighted by atomic mass is 32.1. The van der Waals surface area contributed by atoms with Crippen LogP contribution in [-0.4, -0.2) is 43.6 Å². The summed E-state index contributed by atoms with van der Waals surface area (Å²) < 4.78 is 9.13. The molecule has 1 saturated carbocycles. The zero-order chi connectivity index (χ0) is 13.8. The van der Waals surface area contributed by atoms with Crippen molar-refractivity contribution in [2.24, 2.45) is 0 Å². The lowest BCUT2D eigenvalue weighted by atomic mass is 10.2. The summed E-state index contributed by atoms with van der Waals surface area (Å²) in [5.41, 5.74) is 6.33. The Balaban J connectivity index is 2.04. The molecule has 2 rings (SSSR count). The standard InChI is InChI=1S/C12H20N4O2S/c1-16(6-3-7-18-2)12-9(10(13)15-19-12)11(17)14-8-4-5-8/h8H,3-7H2,1-2H3,(H2,13,15)(H,14,17). The SMILES string of the molecule is COCCCN(C)c1snc(N)c1C(=O)NC1CC1. The van der Waals surface area contributed by atoms with E-state index in [2.05, 4.69) is 9.69 Å². The highest BCUT2D eigenvalue weighted by Gasteiger charge is 2.28. The van der Waals surface area contributed by atoms with Crippen molar-refractivity contribution in [1.29, 1.82) is 0 Å². The van der Waals surface area contributed by atoms with Gasteiger partial charge in [0.25, 0.3) is 5.91 Å². The Labute approximate surface area is 117 Å². The number of nitrogens with zero attached hydrogens (tertiary/aromatic N) is 2. The first-order valence-electron chi connectivity index (χ1n) is 6.39. The molecule has 7 heteroatoms. The van der Waals surface area contributed by atoms with Crippen molar-refractivity contribution >= 4 is 28.3 Å². The lowest BCUT2D eigenvalue weighted by molar-refractivity contribution is 0.0952. The van der Waals surface area contributed by atoms with Crippen LogP contribution in [0.3, 0.4) is 0 Å². The van der Waals surface area contributed by atoms with Gasteiger partial charge in [-0.25, -0.2) is 0 Å². The number of carbonyl (C=O) groups is 1. The maximum Gasteiger partial charge on any atom is 0.258 e. The third-order valence-corrected chi connectivity index (χ3v) is 4.01. The van der Waals surface area contributed by atoms with Crippen molar-refractivity contribution in [3.05, 3.63) is 5.56 Å². The quantitative estimate of drug-likeness (QED) is 0.733. The summed E-state index contributed by atoms with van der Waals surface area (Å²) in [5, 5.41) is 3.78. The predicted molar refractivity (Wildman–Crippen MR) is 76.8 cm³/mol. The Hall–Kier alpha value is -1.34. The molecule has 1 aliphatic carbocycles. The molecule has 19 heavy (non-hydrogen) atoms. The highest BCUT2D eigenvalue weighted by Crippen LogP contribution is 2.31. The minimum atomic E-state index is -0.109. The molecular weight excluding hydrogens is 264 g/mol. The van der Waals surface area contributed by atoms with E-state index in [0.717, 1.165) is 30.8 Å². The van der Waals surface area contributed by atoms with Crippen molar-refractivity contribution in [3.63, 3.8) is 0 Å². The van der Waals surface area contributed by atoms with E-state index in [-0.39, 0.29) is 5.91 Å². The van der Waals surface area contributed by atoms with Gasteiger partial charge in [0, 0.05) is 33.4 Å². The second-order valence-electron chi connectivity index (χ2n) is 4.76. The molecule has 1 aromatic heterocycles. The van der Waals surface area contributed by atoms with E-state index in [0.29, 0.717) is 24.0 Å². The van der Waals surface area contributed by atoms with Gasteiger partial charge in [-0.2, -0.15) is 4.37 Å². The number of hydrogen-bond acceptors (Lipinski definition) is 6. The minimum absolute atomic E-state index is 0.109. The molecular formula is C12H20N4O2S. The lowest BCUT2D eigenvalue weighted by Crippen LogP contribution is -2.28. The van der Waals surface area contributed by atoms with Crippen LogP contribution >= 0.6 is 11.5 Å². The number of nitrogens with two attached hydrogens (primary N) is 1. The normalized spacial score (nSPS) is 14.4. The first-order chi connectivity index (χ1) is 9.13. The van der Waals surface area contributed by atoms with Crippen LogP contribution in [0.5, 0.6) is 0 Å². The zero-order valence-electron chi connectivity index (χ0n) is 11.3. The predicted octanol–water partition coefficient (Wildman–Crippen LogP) is 1.09. The van der Waals surface area contributed by atoms with Crippen LogP contribution < -0.4 is 16.0 Å². The molecule has 0 radical (unpaired) electrons. The number of anilines is 2. The molecule has 0 atom stereocenters. The lowest BCUT2D eigenvalue weighted by Gasteiger charge is -2.18. The van der Waals surface area contributed by atoms with Gasteiger partial charge in [-0.15, -0.1) is 0 Å². The molecule has 106 valence electrons. The van der Waals surface area contributed by atoms with Gasteiger partial charge in [-0.1, -0.05) is 0 Å². The average molecular weight is 284 g/mol. The summed E-state index contributed by atoms with van der Waals surface area (Å²) in [6.45, 7) is 1.50. The summed E-state index contributed by atoms with van der Waals surface area (Å²) in [7, 11) is 3.62. The molecule has 0 aromatic carbocycles. The van der Waals surface area contributed by atoms with Gasteiger partial charge in [-0.05, 0) is 30.8 Å². The number of aromatic nitrogens is 1. The van der Waals surface area contributed by atoms with E-state index in [1.165, 1.54) is 11.5 Å². The number of amides is 1. The summed E-state index contributed by atoms with van der Waals surface area (Å²) in [4.78, 5) is 14.2. The third-order valence-electron chi connectivity index (χ3n) is 3.03. The molecule has 3 N–H and O–H groups in total. The minimum Gasteiger partial charge on any atom is -0.385 e. The smallest absolute Gasteiger partial charge is 0.258 e. The van der Waals surface area contributed by atoms with E-state index >= 15 is 0 Å². The molecule has 0 saturated heterocycles. The fraction of sp³-hybridized carbons (Fsp3) is 0.667. The van der Waals surface area contributed by atoms with Gasteiger partial charge < -0.3 is 20.7 Å². The van der Waals surface area contributed by atoms with E-state index in [9.17, 15) is 4.79 Å². The van der Waals surface area contributed by atoms with Crippen LogP contribution in [0.2, 0.25) is 0 Å². The van der Waals surface area contributed by atoms with E-state index in [4.69, 9.17) is 10.5 Å². The highest BCUT2D eigenvalue weighted by molar-refractivity contribution is 7.11. The van der Waals surface area contributed by atoms with E-state index in [1.807, 2.05) is 11.9 Å². The summed E-state index contributed by atoms with van der Waals surface area (Å²) in [6.07, 6.45) is 3.01. The fourth-order valence-corrected chi connectivity index (χ4v) is 2.60. The number of rotatable bonds is 7. The van der Waals surface area contributed by atoms with Crippen LogP contribution in [0.15, 0.2) is 0 Å². The van der Waals surface area contributed by atoms with Crippen LogP contribution in [0, 0.1) is 0 Å². The number of hydrogen-bond donors (Lipinski definition) is 2. The Kier molecular flexibility index (Phi) is 4.60. The van der Waals surface area contributed by atoms with Crippen molar-refractivity contribution in [3.8, 4) is 0 Å². The molecule has 1 aliphatic rings. The molecule has 0 bridgehead atoms. The van der Waals surface area contributed by atoms with Crippen LogP contribution in [-0.2, 0) is 4.74 Å². The van der Waals surface area contributed by atoms with Crippen LogP contribution in [0.1, 0.15) is 29.6 Å². The number of ether oxygens (including phenoxy) is 1. The Bertz CT molecular complexity index is 445. The number of nitrogens with one attached hydrogen (secondary N) is 1. The molecule has 1 fully saturated rings. The maximum atomic E-state index is 12.2. The van der Waals surface area contributed by atoms with Gasteiger partial charge in [-0.3, -0.25) is 4.79 Å². The number of carbonyl (C=O) groups excluding carboxylic acids is 1. The zero-order valence-corrected chi connectivity index (χ0v) is 12.1. The Morgan fingerprint density at radius 2 is 2.37 bits per heavy atom. The second kappa shape index (κ2) is 6.21. The topological polar surface area (TPSA) is 80.5 Å². The summed E-state index contributed by atoms with van der Waals surface area (Å²) in [5.74, 6) is 0.207. The van der Waals surface area contributed by atoms with Crippen molar-refractivity contribution in [2.75, 3.05) is 37.9 Å². The summed E-state index contributed by atoms with van der Waals surface area (Å²) >= 11 is 1.27. The molecule has 1 aromatic rings. The van der Waals surface area contributed by atoms with Crippen molar-refractivity contribution < 1.29 is 9.53 Å². The molecule has 0 spiro atoms. The molecule has 1 heterocycles. The fourth-order valence-electron chi connectivity index (χ4n) is 1.80. The van der Waals surface area contributed by atoms with Gasteiger partial charge in [0.1, 0.15) is 10.6 Å². The monoisotopic (exact) mass is 284 g/mol. The van der Waals surface area contributed by atoms with Crippen molar-refractivity contribution in [1.82, 2.24) is 9.69 Å². The van der Waals surface area contributed by atoms with Gasteiger partial charge >= 0.3 is 0 Å². The Morgan fingerprint density at radius 3 is 3.00 bits per heavy atom. The first kappa shape index (κ1) is 14.1. The summed E-state index contributed by atoms with van der Waals surface area (Å²) in [6, 6.07) is 0.318. The molecule has 1 amide bonds.